The van der Waals surface area contributed by atoms with E-state index in [1.165, 1.54) is 38.7 Å². The predicted octanol–water partition coefficient (Wildman–Crippen LogP) is 4.66. The van der Waals surface area contributed by atoms with E-state index in [1.807, 2.05) is 0 Å². The van der Waals surface area contributed by atoms with Crippen LogP contribution < -0.4 is 9.47 Å². The van der Waals surface area contributed by atoms with Crippen molar-refractivity contribution in [1.82, 2.24) is 14.5 Å². The highest BCUT2D eigenvalue weighted by Crippen LogP contribution is 2.36. The van der Waals surface area contributed by atoms with Gasteiger partial charge in [-0.05, 0) is 18.2 Å². The number of carboxylic acid groups (broad SMARTS) is 1. The molecule has 0 aliphatic heterocycles. The molecule has 148 valence electrons. The molecule has 2 heterocycles. The fourth-order valence-electron chi connectivity index (χ4n) is 2.88. The molecule has 0 saturated carbocycles. The van der Waals surface area contributed by atoms with E-state index in [9.17, 15) is 14.3 Å². The number of methoxy groups -OCH3 is 2. The van der Waals surface area contributed by atoms with Crippen molar-refractivity contribution in [2.45, 2.75) is 0 Å². The summed E-state index contributed by atoms with van der Waals surface area (Å²) in [6, 6.07) is 7.41. The summed E-state index contributed by atoms with van der Waals surface area (Å²) in [6.45, 7) is 0. The lowest BCUT2D eigenvalue weighted by Crippen LogP contribution is -1.96. The van der Waals surface area contributed by atoms with Gasteiger partial charge in [-0.3, -0.25) is 4.57 Å². The zero-order valence-corrected chi connectivity index (χ0v) is 16.7. The Bertz CT molecular complexity index is 1250. The van der Waals surface area contributed by atoms with Crippen LogP contribution in [0, 0.1) is 5.82 Å². The molecule has 4 aromatic rings. The molecule has 4 rings (SSSR count). The number of nitrogens with zero attached hydrogens (tertiary/aromatic N) is 3. The van der Waals surface area contributed by atoms with Crippen LogP contribution in [-0.2, 0) is 0 Å². The molecule has 0 unspecified atom stereocenters. The Morgan fingerprint density at radius 2 is 1.93 bits per heavy atom. The average molecular weight is 434 g/mol. The lowest BCUT2D eigenvalue weighted by molar-refractivity contribution is 0.0702. The maximum Gasteiger partial charge on any atom is 0.348 e. The molecule has 7 nitrogen and oxygen atoms in total. The highest BCUT2D eigenvalue weighted by Gasteiger charge is 2.22. The summed E-state index contributed by atoms with van der Waals surface area (Å²) in [4.78, 5) is 20.6. The molecule has 2 aromatic heterocycles. The molecule has 1 N–H and O–H groups in total. The van der Waals surface area contributed by atoms with Crippen molar-refractivity contribution in [2.24, 2.45) is 0 Å². The van der Waals surface area contributed by atoms with Crippen LogP contribution in [0.25, 0.3) is 27.4 Å². The van der Waals surface area contributed by atoms with Crippen molar-refractivity contribution in [3.63, 3.8) is 0 Å². The van der Waals surface area contributed by atoms with Crippen LogP contribution in [0.3, 0.4) is 0 Å². The molecule has 0 fully saturated rings. The summed E-state index contributed by atoms with van der Waals surface area (Å²) in [6.07, 6.45) is 1.54. The van der Waals surface area contributed by atoms with Crippen molar-refractivity contribution in [3.05, 3.63) is 52.4 Å². The molecule has 0 atom stereocenters. The third-order valence-corrected chi connectivity index (χ3v) is 5.59. The third-order valence-electron chi connectivity index (χ3n) is 4.26. The van der Waals surface area contributed by atoms with Crippen LogP contribution in [0.5, 0.6) is 11.5 Å². The van der Waals surface area contributed by atoms with E-state index in [0.717, 1.165) is 11.3 Å². The van der Waals surface area contributed by atoms with Crippen molar-refractivity contribution in [1.29, 1.82) is 0 Å². The first-order valence-corrected chi connectivity index (χ1v) is 9.41. The molecule has 0 bridgehead atoms. The molecule has 0 radical (unpaired) electrons. The number of benzene rings is 2. The van der Waals surface area contributed by atoms with Crippen LogP contribution >= 0.6 is 22.9 Å². The lowest BCUT2D eigenvalue weighted by atomic mass is 10.1. The smallest absolute Gasteiger partial charge is 0.348 e. The SMILES string of the molecule is COc1cc2ncn(-c3nc(-c4ccc(F)c(Cl)c4)c(C(=O)O)s3)c2cc1OC. The van der Waals surface area contributed by atoms with Crippen LogP contribution in [-0.4, -0.2) is 39.8 Å². The first-order chi connectivity index (χ1) is 13.9. The van der Waals surface area contributed by atoms with E-state index < -0.39 is 11.8 Å². The Hall–Kier alpha value is -3.17. The van der Waals surface area contributed by atoms with E-state index in [-0.39, 0.29) is 15.6 Å². The molecule has 0 aliphatic rings. The average Bonchev–Trinajstić information content (AvgIpc) is 3.32. The van der Waals surface area contributed by atoms with Crippen LogP contribution in [0.15, 0.2) is 36.7 Å². The lowest BCUT2D eigenvalue weighted by Gasteiger charge is -2.07. The van der Waals surface area contributed by atoms with E-state index >= 15 is 0 Å². The summed E-state index contributed by atoms with van der Waals surface area (Å²) in [7, 11) is 3.05. The van der Waals surface area contributed by atoms with Gasteiger partial charge in [-0.1, -0.05) is 22.9 Å². The fraction of sp³-hybridized carbons (Fsp3) is 0.105. The number of fused-ring (bicyclic) bond motifs is 1. The zero-order chi connectivity index (χ0) is 20.7. The van der Waals surface area contributed by atoms with Crippen molar-refractivity contribution >= 4 is 39.9 Å². The number of hydrogen-bond acceptors (Lipinski definition) is 6. The largest absolute Gasteiger partial charge is 0.493 e. The number of hydrogen-bond donors (Lipinski definition) is 1. The Kier molecular flexibility index (Phi) is 4.85. The minimum Gasteiger partial charge on any atom is -0.493 e. The molecule has 2 aromatic carbocycles. The van der Waals surface area contributed by atoms with Gasteiger partial charge in [0.15, 0.2) is 16.6 Å². The number of thiazole rings is 1. The fourth-order valence-corrected chi connectivity index (χ4v) is 3.98. The molecule has 10 heteroatoms. The number of halogens is 2. The molecule has 29 heavy (non-hydrogen) atoms. The normalized spacial score (nSPS) is 11.0. The van der Waals surface area contributed by atoms with Gasteiger partial charge in [0.2, 0.25) is 0 Å². The summed E-state index contributed by atoms with van der Waals surface area (Å²) in [5.41, 5.74) is 1.89. The van der Waals surface area contributed by atoms with Gasteiger partial charge < -0.3 is 14.6 Å². The minimum atomic E-state index is -1.15. The Labute approximate surface area is 172 Å². The first-order valence-electron chi connectivity index (χ1n) is 8.22. The highest BCUT2D eigenvalue weighted by atomic mass is 35.5. The second-order valence-corrected chi connectivity index (χ2v) is 7.30. The molecular weight excluding hydrogens is 421 g/mol. The van der Waals surface area contributed by atoms with Crippen LogP contribution in [0.1, 0.15) is 9.67 Å². The number of aromatic carboxylic acids is 1. The standard InChI is InChI=1S/C19H13ClFN3O4S/c1-27-14-6-12-13(7-15(14)28-2)24(8-22-12)19-23-16(17(29-19)18(25)26)9-3-4-11(21)10(20)5-9/h3-8H,1-2H3,(H,25,26). The van der Waals surface area contributed by atoms with Gasteiger partial charge in [-0.2, -0.15) is 0 Å². The van der Waals surface area contributed by atoms with Gasteiger partial charge in [0.05, 0.1) is 36.0 Å². The maximum absolute atomic E-state index is 13.5. The number of imidazole rings is 1. The zero-order valence-electron chi connectivity index (χ0n) is 15.1. The third kappa shape index (κ3) is 3.28. The second kappa shape index (κ2) is 7.34. The highest BCUT2D eigenvalue weighted by molar-refractivity contribution is 7.16. The molecule has 0 amide bonds. The van der Waals surface area contributed by atoms with Crippen molar-refractivity contribution < 1.29 is 23.8 Å². The number of ether oxygens (including phenoxy) is 2. The van der Waals surface area contributed by atoms with Crippen LogP contribution in [0.4, 0.5) is 4.39 Å². The molecule has 0 aliphatic carbocycles. The van der Waals surface area contributed by atoms with E-state index in [2.05, 4.69) is 9.97 Å². The van der Waals surface area contributed by atoms with Gasteiger partial charge in [-0.15, -0.1) is 0 Å². The molecular formula is C19H13ClFN3O4S. The Morgan fingerprint density at radius 1 is 1.21 bits per heavy atom. The van der Waals surface area contributed by atoms with E-state index in [4.69, 9.17) is 21.1 Å². The number of aromatic nitrogens is 3. The molecule has 0 spiro atoms. The van der Waals surface area contributed by atoms with Gasteiger partial charge in [0, 0.05) is 17.7 Å². The topological polar surface area (TPSA) is 86.5 Å². The minimum absolute atomic E-state index is 0.00463. The van der Waals surface area contributed by atoms with E-state index in [0.29, 0.717) is 33.2 Å². The first kappa shape index (κ1) is 19.2. The maximum atomic E-state index is 13.5. The summed E-state index contributed by atoms with van der Waals surface area (Å²) in [5.74, 6) is -0.711. The van der Waals surface area contributed by atoms with Crippen molar-refractivity contribution in [3.8, 4) is 27.9 Å². The summed E-state index contributed by atoms with van der Waals surface area (Å²) < 4.78 is 25.8. The van der Waals surface area contributed by atoms with Crippen molar-refractivity contribution in [2.75, 3.05) is 14.2 Å². The van der Waals surface area contributed by atoms with Gasteiger partial charge in [0.25, 0.3) is 0 Å². The van der Waals surface area contributed by atoms with Crippen LogP contribution in [0.2, 0.25) is 5.02 Å². The summed E-state index contributed by atoms with van der Waals surface area (Å²) in [5, 5.41) is 9.90. The Morgan fingerprint density at radius 3 is 2.59 bits per heavy atom. The van der Waals surface area contributed by atoms with E-state index in [1.54, 1.807) is 16.7 Å². The summed E-state index contributed by atoms with van der Waals surface area (Å²) >= 11 is 6.83. The van der Waals surface area contributed by atoms with Gasteiger partial charge in [-0.25, -0.2) is 19.2 Å². The Balaban J connectivity index is 1.90. The predicted molar refractivity (Wildman–Crippen MR) is 107 cm³/mol. The quantitative estimate of drug-likeness (QED) is 0.492. The van der Waals surface area contributed by atoms with Gasteiger partial charge in [0.1, 0.15) is 17.0 Å². The number of carboxylic acids is 1. The second-order valence-electron chi connectivity index (χ2n) is 5.92. The van der Waals surface area contributed by atoms with Gasteiger partial charge >= 0.3 is 5.97 Å². The number of rotatable bonds is 5. The monoisotopic (exact) mass is 433 g/mol. The molecule has 0 saturated heterocycles. The number of carbonyl (C=O) groups is 1.